The lowest BCUT2D eigenvalue weighted by Crippen LogP contribution is -2.50. The van der Waals surface area contributed by atoms with Crippen molar-refractivity contribution in [3.63, 3.8) is 0 Å². The molecule has 5 heteroatoms. The van der Waals surface area contributed by atoms with E-state index >= 15 is 0 Å². The van der Waals surface area contributed by atoms with Gasteiger partial charge < -0.3 is 10.2 Å². The quantitative estimate of drug-likeness (QED) is 0.904. The summed E-state index contributed by atoms with van der Waals surface area (Å²) in [5.41, 5.74) is 2.49. The molecule has 0 aromatic carbocycles. The predicted octanol–water partition coefficient (Wildman–Crippen LogP) is 2.43. The van der Waals surface area contributed by atoms with E-state index in [1.165, 1.54) is 49.8 Å². The van der Waals surface area contributed by atoms with Gasteiger partial charge in [0.05, 0.1) is 11.7 Å². The number of aromatic nitrogens is 2. The summed E-state index contributed by atoms with van der Waals surface area (Å²) in [6.07, 6.45) is 13.2. The van der Waals surface area contributed by atoms with Gasteiger partial charge >= 0.3 is 0 Å². The Balaban J connectivity index is 1.19. The Hall–Kier alpha value is -1.20. The average molecular weight is 357 g/mol. The summed E-state index contributed by atoms with van der Waals surface area (Å²) < 4.78 is 1.82. The second-order valence-electron chi connectivity index (χ2n) is 9.14. The molecule has 142 valence electrons. The Morgan fingerprint density at radius 2 is 1.65 bits per heavy atom. The molecule has 2 saturated heterocycles. The fourth-order valence-electron chi connectivity index (χ4n) is 6.04. The Bertz CT molecular complexity index is 707. The lowest BCUT2D eigenvalue weighted by molar-refractivity contribution is 0.135. The SMILES string of the molecule is CN1C2CCC1CC(NC1CCC(n3nc4c(cc3=O)CCC4)CC1)C2. The Labute approximate surface area is 156 Å². The largest absolute Gasteiger partial charge is 0.311 e. The molecule has 1 aromatic rings. The monoisotopic (exact) mass is 356 g/mol. The molecule has 2 aliphatic heterocycles. The summed E-state index contributed by atoms with van der Waals surface area (Å²) in [6, 6.07) is 5.09. The van der Waals surface area contributed by atoms with E-state index in [1.54, 1.807) is 0 Å². The summed E-state index contributed by atoms with van der Waals surface area (Å²) in [5, 5.41) is 8.70. The van der Waals surface area contributed by atoms with E-state index < -0.39 is 0 Å². The van der Waals surface area contributed by atoms with Crippen molar-refractivity contribution in [3.8, 4) is 0 Å². The third-order valence-electron chi connectivity index (χ3n) is 7.59. The van der Waals surface area contributed by atoms with Gasteiger partial charge in [0.2, 0.25) is 0 Å². The van der Waals surface area contributed by atoms with Gasteiger partial charge in [0.25, 0.3) is 5.56 Å². The normalized spacial score (nSPS) is 37.0. The van der Waals surface area contributed by atoms with Gasteiger partial charge in [-0.1, -0.05) is 0 Å². The van der Waals surface area contributed by atoms with Crippen LogP contribution in [0, 0.1) is 0 Å². The van der Waals surface area contributed by atoms with Crippen LogP contribution in [0.3, 0.4) is 0 Å². The predicted molar refractivity (Wildman–Crippen MR) is 103 cm³/mol. The minimum atomic E-state index is 0.119. The third-order valence-corrected chi connectivity index (χ3v) is 7.59. The van der Waals surface area contributed by atoms with Gasteiger partial charge in [-0.2, -0.15) is 5.10 Å². The van der Waals surface area contributed by atoms with Crippen LogP contribution in [0.4, 0.5) is 0 Å². The number of fused-ring (bicyclic) bond motifs is 3. The molecule has 5 rings (SSSR count). The highest BCUT2D eigenvalue weighted by atomic mass is 16.1. The van der Waals surface area contributed by atoms with Gasteiger partial charge in [0.1, 0.15) is 0 Å². The fourth-order valence-corrected chi connectivity index (χ4v) is 6.04. The van der Waals surface area contributed by atoms with Crippen molar-refractivity contribution in [1.82, 2.24) is 20.0 Å². The molecule has 2 atom stereocenters. The van der Waals surface area contributed by atoms with Gasteiger partial charge in [-0.05, 0) is 83.2 Å². The third kappa shape index (κ3) is 3.03. The first-order chi connectivity index (χ1) is 12.7. The smallest absolute Gasteiger partial charge is 0.267 e. The first-order valence-electron chi connectivity index (χ1n) is 10.8. The number of rotatable bonds is 3. The van der Waals surface area contributed by atoms with Crippen LogP contribution in [0.5, 0.6) is 0 Å². The minimum absolute atomic E-state index is 0.119. The molecule has 2 unspecified atom stereocenters. The molecule has 26 heavy (non-hydrogen) atoms. The molecule has 0 amide bonds. The van der Waals surface area contributed by atoms with Crippen LogP contribution in [0.25, 0.3) is 0 Å². The van der Waals surface area contributed by atoms with Crippen LogP contribution < -0.4 is 10.9 Å². The lowest BCUT2D eigenvalue weighted by Gasteiger charge is -2.39. The first kappa shape index (κ1) is 16.9. The Morgan fingerprint density at radius 1 is 0.962 bits per heavy atom. The number of nitrogens with zero attached hydrogens (tertiary/aromatic N) is 3. The summed E-state index contributed by atoms with van der Waals surface area (Å²) in [6.45, 7) is 0. The van der Waals surface area contributed by atoms with E-state index in [-0.39, 0.29) is 5.56 Å². The van der Waals surface area contributed by atoms with Crippen molar-refractivity contribution in [2.24, 2.45) is 0 Å². The zero-order valence-electron chi connectivity index (χ0n) is 16.0. The fraction of sp³-hybridized carbons (Fsp3) is 0.810. The molecule has 5 nitrogen and oxygen atoms in total. The Morgan fingerprint density at radius 3 is 2.38 bits per heavy atom. The van der Waals surface area contributed by atoms with Crippen LogP contribution >= 0.6 is 0 Å². The zero-order valence-corrected chi connectivity index (χ0v) is 16.0. The maximum atomic E-state index is 12.5. The van der Waals surface area contributed by atoms with Gasteiger partial charge in [0, 0.05) is 30.2 Å². The average Bonchev–Trinajstić information content (AvgIpc) is 3.15. The van der Waals surface area contributed by atoms with E-state index in [1.807, 2.05) is 10.7 Å². The van der Waals surface area contributed by atoms with Crippen molar-refractivity contribution in [2.75, 3.05) is 7.05 Å². The number of aryl methyl sites for hydroxylation is 2. The second kappa shape index (κ2) is 6.75. The molecule has 2 bridgehead atoms. The molecule has 0 spiro atoms. The molecule has 1 aromatic heterocycles. The van der Waals surface area contributed by atoms with Gasteiger partial charge in [-0.25, -0.2) is 4.68 Å². The summed E-state index contributed by atoms with van der Waals surface area (Å²) >= 11 is 0. The highest BCUT2D eigenvalue weighted by Gasteiger charge is 2.39. The van der Waals surface area contributed by atoms with E-state index in [0.29, 0.717) is 18.1 Å². The maximum absolute atomic E-state index is 12.5. The number of piperidine rings is 1. The molecule has 2 aliphatic carbocycles. The molecule has 0 radical (unpaired) electrons. The Kier molecular flexibility index (Phi) is 4.40. The molecule has 1 N–H and O–H groups in total. The van der Waals surface area contributed by atoms with Gasteiger partial charge in [-0.15, -0.1) is 0 Å². The van der Waals surface area contributed by atoms with Crippen LogP contribution in [0.1, 0.15) is 75.1 Å². The summed E-state index contributed by atoms with van der Waals surface area (Å²) in [4.78, 5) is 15.1. The van der Waals surface area contributed by atoms with Crippen LogP contribution in [0.15, 0.2) is 10.9 Å². The van der Waals surface area contributed by atoms with Crippen LogP contribution in [0.2, 0.25) is 0 Å². The number of nitrogens with one attached hydrogen (secondary N) is 1. The molecule has 4 aliphatic rings. The molecule has 3 fully saturated rings. The zero-order chi connectivity index (χ0) is 17.7. The van der Waals surface area contributed by atoms with Crippen LogP contribution in [-0.2, 0) is 12.8 Å². The highest BCUT2D eigenvalue weighted by molar-refractivity contribution is 5.22. The van der Waals surface area contributed by atoms with E-state index in [0.717, 1.165) is 44.2 Å². The van der Waals surface area contributed by atoms with Crippen molar-refractivity contribution in [2.45, 2.75) is 101 Å². The topological polar surface area (TPSA) is 50.2 Å². The molecule has 1 saturated carbocycles. The number of hydrogen-bond acceptors (Lipinski definition) is 4. The van der Waals surface area contributed by atoms with Crippen molar-refractivity contribution in [1.29, 1.82) is 0 Å². The van der Waals surface area contributed by atoms with Gasteiger partial charge in [0.15, 0.2) is 0 Å². The van der Waals surface area contributed by atoms with Crippen LogP contribution in [-0.4, -0.2) is 45.9 Å². The van der Waals surface area contributed by atoms with Crippen molar-refractivity contribution >= 4 is 0 Å². The van der Waals surface area contributed by atoms with Crippen molar-refractivity contribution < 1.29 is 0 Å². The van der Waals surface area contributed by atoms with E-state index in [4.69, 9.17) is 5.10 Å². The molecular formula is C21H32N4O. The number of hydrogen-bond donors (Lipinski definition) is 1. The van der Waals surface area contributed by atoms with Crippen molar-refractivity contribution in [3.05, 3.63) is 27.7 Å². The maximum Gasteiger partial charge on any atom is 0.267 e. The van der Waals surface area contributed by atoms with Gasteiger partial charge in [-0.3, -0.25) is 4.79 Å². The highest BCUT2D eigenvalue weighted by Crippen LogP contribution is 2.35. The summed E-state index contributed by atoms with van der Waals surface area (Å²) in [5.74, 6) is 0. The molecular weight excluding hydrogens is 324 g/mol. The summed E-state index contributed by atoms with van der Waals surface area (Å²) in [7, 11) is 2.31. The first-order valence-corrected chi connectivity index (χ1v) is 10.8. The minimum Gasteiger partial charge on any atom is -0.311 e. The van der Waals surface area contributed by atoms with E-state index in [2.05, 4.69) is 17.3 Å². The standard InChI is InChI=1S/C21H32N4O/c1-24-18-9-10-19(24)13-16(12-18)22-15-5-7-17(8-6-15)25-21(26)11-14-3-2-4-20(14)23-25/h11,15-19,22H,2-10,12-13H2,1H3. The van der Waals surface area contributed by atoms with E-state index in [9.17, 15) is 4.79 Å². The lowest BCUT2D eigenvalue weighted by atomic mass is 9.89. The second-order valence-corrected chi connectivity index (χ2v) is 9.14. The molecule has 3 heterocycles.